The number of methoxy groups -OCH3 is 1. The molecule has 0 radical (unpaired) electrons. The third-order valence-corrected chi connectivity index (χ3v) is 6.75. The van der Waals surface area contributed by atoms with Gasteiger partial charge in [0.2, 0.25) is 0 Å². The number of rotatable bonds is 4. The molecule has 0 atom stereocenters. The molecule has 5 rings (SSSR count). The van der Waals surface area contributed by atoms with Crippen molar-refractivity contribution < 1.29 is 14.3 Å². The summed E-state index contributed by atoms with van der Waals surface area (Å²) in [6.45, 7) is 0. The first-order valence-electron chi connectivity index (χ1n) is 10.2. The van der Waals surface area contributed by atoms with Crippen molar-refractivity contribution in [1.82, 2.24) is 10.4 Å². The van der Waals surface area contributed by atoms with E-state index in [0.29, 0.717) is 16.2 Å². The van der Waals surface area contributed by atoms with Crippen molar-refractivity contribution in [3.05, 3.63) is 94.9 Å². The summed E-state index contributed by atoms with van der Waals surface area (Å²) in [7, 11) is 1.56. The minimum Gasteiger partial charge on any atom is -0.497 e. The van der Waals surface area contributed by atoms with Crippen molar-refractivity contribution >= 4 is 67.7 Å². The maximum absolute atomic E-state index is 13.2. The van der Waals surface area contributed by atoms with Gasteiger partial charge in [0.15, 0.2) is 4.32 Å². The van der Waals surface area contributed by atoms with E-state index < -0.39 is 5.91 Å². The Morgan fingerprint density at radius 1 is 0.970 bits per heavy atom. The van der Waals surface area contributed by atoms with E-state index >= 15 is 0 Å². The van der Waals surface area contributed by atoms with E-state index in [1.807, 2.05) is 42.5 Å². The summed E-state index contributed by atoms with van der Waals surface area (Å²) in [5.74, 6) is -0.142. The lowest BCUT2D eigenvalue weighted by Gasteiger charge is -2.15. The molecule has 33 heavy (non-hydrogen) atoms. The van der Waals surface area contributed by atoms with Crippen LogP contribution < -0.4 is 10.2 Å². The van der Waals surface area contributed by atoms with Gasteiger partial charge < -0.3 is 4.74 Å². The molecule has 0 unspecified atom stereocenters. The number of thioether (sulfide) groups is 1. The Kier molecular flexibility index (Phi) is 5.58. The monoisotopic (exact) mass is 470 g/mol. The summed E-state index contributed by atoms with van der Waals surface area (Å²) >= 11 is 6.57. The second-order valence-electron chi connectivity index (χ2n) is 7.42. The molecule has 1 N–H and O–H groups in total. The summed E-state index contributed by atoms with van der Waals surface area (Å²) < 4.78 is 5.40. The number of nitrogens with zero attached hydrogens (tertiary/aromatic N) is 1. The summed E-state index contributed by atoms with van der Waals surface area (Å²) in [5, 5.41) is 5.40. The van der Waals surface area contributed by atoms with Crippen LogP contribution in [-0.2, 0) is 4.79 Å². The summed E-state index contributed by atoms with van der Waals surface area (Å²) in [4.78, 5) is 26.3. The molecule has 4 aromatic carbocycles. The number of amides is 2. The van der Waals surface area contributed by atoms with E-state index in [2.05, 4.69) is 23.6 Å². The van der Waals surface area contributed by atoms with E-state index in [9.17, 15) is 9.59 Å². The van der Waals surface area contributed by atoms with Crippen LogP contribution >= 0.6 is 24.0 Å². The molecule has 0 saturated carbocycles. The zero-order valence-electron chi connectivity index (χ0n) is 17.6. The second kappa shape index (κ2) is 8.69. The molecule has 5 nitrogen and oxygen atoms in total. The molecule has 0 spiro atoms. The van der Waals surface area contributed by atoms with Crippen LogP contribution in [0.15, 0.2) is 83.8 Å². The molecule has 4 aromatic rings. The Labute approximate surface area is 200 Å². The summed E-state index contributed by atoms with van der Waals surface area (Å²) in [6.07, 6.45) is 1.86. The van der Waals surface area contributed by atoms with Crippen molar-refractivity contribution in [2.45, 2.75) is 0 Å². The highest BCUT2D eigenvalue weighted by Crippen LogP contribution is 2.36. The molecule has 1 fully saturated rings. The van der Waals surface area contributed by atoms with Crippen LogP contribution in [0.3, 0.4) is 0 Å². The summed E-state index contributed by atoms with van der Waals surface area (Å²) in [5.41, 5.74) is 3.97. The van der Waals surface area contributed by atoms with Crippen LogP contribution in [0, 0.1) is 0 Å². The molecule has 1 heterocycles. The van der Waals surface area contributed by atoms with Crippen molar-refractivity contribution in [2.24, 2.45) is 0 Å². The number of thiocarbonyl (C=S) groups is 1. The van der Waals surface area contributed by atoms with Gasteiger partial charge >= 0.3 is 0 Å². The molecule has 0 aliphatic carbocycles. The first-order chi connectivity index (χ1) is 16.0. The van der Waals surface area contributed by atoms with Gasteiger partial charge in [0.05, 0.1) is 12.0 Å². The first kappa shape index (κ1) is 21.2. The molecule has 1 aliphatic rings. The quantitative estimate of drug-likeness (QED) is 0.241. The SMILES string of the molecule is COc1ccc(C(=O)NN2C(=O)/C(=C\c3c4ccccc4cc4ccccc34)SC2=S)cc1. The largest absolute Gasteiger partial charge is 0.497 e. The number of carbonyl (C=O) groups is 2. The van der Waals surface area contributed by atoms with Crippen LogP contribution in [0.4, 0.5) is 0 Å². The van der Waals surface area contributed by atoms with Gasteiger partial charge in [-0.05, 0) is 75.7 Å². The first-order valence-corrected chi connectivity index (χ1v) is 11.4. The van der Waals surface area contributed by atoms with E-state index in [1.54, 1.807) is 31.4 Å². The molecular formula is C26H18N2O3S2. The predicted octanol–water partition coefficient (Wildman–Crippen LogP) is 5.55. The molecular weight excluding hydrogens is 452 g/mol. The number of ether oxygens (including phenoxy) is 1. The van der Waals surface area contributed by atoms with Gasteiger partial charge in [-0.15, -0.1) is 0 Å². The van der Waals surface area contributed by atoms with E-state index in [0.717, 1.165) is 32.1 Å². The highest BCUT2D eigenvalue weighted by Gasteiger charge is 2.34. The Morgan fingerprint density at radius 2 is 1.58 bits per heavy atom. The number of hydrogen-bond acceptors (Lipinski definition) is 5. The molecule has 2 amide bonds. The van der Waals surface area contributed by atoms with Gasteiger partial charge in [-0.1, -0.05) is 60.3 Å². The van der Waals surface area contributed by atoms with Crippen molar-refractivity contribution in [1.29, 1.82) is 0 Å². The van der Waals surface area contributed by atoms with Crippen molar-refractivity contribution in [2.75, 3.05) is 7.11 Å². The van der Waals surface area contributed by atoms with Crippen molar-refractivity contribution in [3.8, 4) is 5.75 Å². The van der Waals surface area contributed by atoms with E-state index in [-0.39, 0.29) is 10.2 Å². The lowest BCUT2D eigenvalue weighted by atomic mass is 9.96. The Morgan fingerprint density at radius 3 is 2.18 bits per heavy atom. The smallest absolute Gasteiger partial charge is 0.285 e. The van der Waals surface area contributed by atoms with Crippen LogP contribution in [0.2, 0.25) is 0 Å². The maximum Gasteiger partial charge on any atom is 0.285 e. The van der Waals surface area contributed by atoms with Crippen LogP contribution in [-0.4, -0.2) is 28.3 Å². The van der Waals surface area contributed by atoms with E-state index in [1.165, 1.54) is 11.8 Å². The topological polar surface area (TPSA) is 58.6 Å². The fourth-order valence-electron chi connectivity index (χ4n) is 3.81. The maximum atomic E-state index is 13.2. The number of nitrogens with one attached hydrogen (secondary N) is 1. The van der Waals surface area contributed by atoms with Crippen LogP contribution in [0.25, 0.3) is 27.6 Å². The minimum absolute atomic E-state index is 0.276. The third-order valence-electron chi connectivity index (χ3n) is 5.45. The molecule has 7 heteroatoms. The number of hydrogen-bond donors (Lipinski definition) is 1. The minimum atomic E-state index is -0.425. The van der Waals surface area contributed by atoms with Gasteiger partial charge in [0.25, 0.3) is 11.8 Å². The van der Waals surface area contributed by atoms with Crippen LogP contribution in [0.1, 0.15) is 15.9 Å². The Hall–Kier alpha value is -3.68. The standard InChI is InChI=1S/C26H18N2O3S2/c1-31-19-12-10-16(11-13-19)24(29)27-28-25(30)23(33-26(28)32)15-22-20-8-4-2-6-17(20)14-18-7-3-5-9-21(18)22/h2-15H,1H3,(H,27,29)/b23-15+. The average Bonchev–Trinajstić information content (AvgIpc) is 3.11. The molecule has 162 valence electrons. The Bertz CT molecular complexity index is 1410. The zero-order chi connectivity index (χ0) is 22.9. The zero-order valence-corrected chi connectivity index (χ0v) is 19.2. The van der Waals surface area contributed by atoms with Crippen LogP contribution in [0.5, 0.6) is 5.75 Å². The number of benzene rings is 4. The number of fused-ring (bicyclic) bond motifs is 2. The van der Waals surface area contributed by atoms with Gasteiger partial charge in [-0.2, -0.15) is 5.01 Å². The lowest BCUT2D eigenvalue weighted by Crippen LogP contribution is -2.44. The molecule has 0 aromatic heterocycles. The molecule has 1 aliphatic heterocycles. The van der Waals surface area contributed by atoms with Gasteiger partial charge in [0, 0.05) is 5.56 Å². The third kappa shape index (κ3) is 3.97. The fraction of sp³-hybridized carbons (Fsp3) is 0.0385. The van der Waals surface area contributed by atoms with Gasteiger partial charge in [0.1, 0.15) is 5.75 Å². The predicted molar refractivity (Wildman–Crippen MR) is 137 cm³/mol. The normalized spacial score (nSPS) is 14.9. The average molecular weight is 471 g/mol. The summed E-state index contributed by atoms with van der Waals surface area (Å²) in [6, 6.07) is 24.9. The highest BCUT2D eigenvalue weighted by atomic mass is 32.2. The van der Waals surface area contributed by atoms with Crippen molar-refractivity contribution in [3.63, 3.8) is 0 Å². The Balaban J connectivity index is 1.49. The fourth-order valence-corrected chi connectivity index (χ4v) is 4.97. The van der Waals surface area contributed by atoms with E-state index in [4.69, 9.17) is 17.0 Å². The van der Waals surface area contributed by atoms with Gasteiger partial charge in [-0.3, -0.25) is 15.0 Å². The molecule has 1 saturated heterocycles. The number of carbonyl (C=O) groups excluding carboxylic acids is 2. The van der Waals surface area contributed by atoms with Gasteiger partial charge in [-0.25, -0.2) is 0 Å². The number of hydrazine groups is 1. The lowest BCUT2D eigenvalue weighted by molar-refractivity contribution is -0.123. The second-order valence-corrected chi connectivity index (χ2v) is 9.09. The molecule has 0 bridgehead atoms. The highest BCUT2D eigenvalue weighted by molar-refractivity contribution is 8.26.